The first-order chi connectivity index (χ1) is 15.7. The van der Waals surface area contributed by atoms with Gasteiger partial charge in [-0.25, -0.2) is 4.79 Å². The van der Waals surface area contributed by atoms with Gasteiger partial charge in [-0.2, -0.15) is 0 Å². The highest BCUT2D eigenvalue weighted by Crippen LogP contribution is 2.38. The Kier molecular flexibility index (Phi) is 7.89. The number of nitrogens with one attached hydrogen (secondary N) is 1. The van der Waals surface area contributed by atoms with Crippen molar-refractivity contribution < 1.29 is 31.0 Å². The Labute approximate surface area is 210 Å². The number of benzene rings is 2. The molecule has 1 N–H and O–H groups in total. The summed E-state index contributed by atoms with van der Waals surface area (Å²) in [4.78, 5) is 13.7. The minimum absolute atomic E-state index is 0. The number of carbonyl (C=O) groups excluding carboxylic acids is 1. The fraction of sp³-hybridized carbons (Fsp3) is 0.370. The largest absolute Gasteiger partial charge is 1.00 e. The summed E-state index contributed by atoms with van der Waals surface area (Å²) in [5, 5.41) is 4.98. The molecule has 3 aliphatic heterocycles. The van der Waals surface area contributed by atoms with Crippen molar-refractivity contribution in [3.63, 3.8) is 0 Å². The summed E-state index contributed by atoms with van der Waals surface area (Å²) in [7, 11) is 0. The number of thiophene rings is 1. The Morgan fingerprint density at radius 1 is 1.00 bits per heavy atom. The lowest BCUT2D eigenvalue weighted by Crippen LogP contribution is -3.00. The van der Waals surface area contributed by atoms with Gasteiger partial charge in [0, 0.05) is 25.2 Å². The van der Waals surface area contributed by atoms with Crippen LogP contribution in [-0.2, 0) is 11.2 Å². The molecular formula is C27H31BrN2O2S. The molecule has 6 heteroatoms. The minimum atomic E-state index is -0.340. The van der Waals surface area contributed by atoms with Crippen LogP contribution in [0.2, 0.25) is 0 Å². The van der Waals surface area contributed by atoms with E-state index in [1.165, 1.54) is 42.5 Å². The van der Waals surface area contributed by atoms with Gasteiger partial charge in [0.2, 0.25) is 0 Å². The van der Waals surface area contributed by atoms with Crippen molar-refractivity contribution in [1.29, 1.82) is 0 Å². The molecule has 1 atom stereocenters. The predicted octanol–water partition coefficient (Wildman–Crippen LogP) is 3.07. The lowest BCUT2D eigenvalue weighted by atomic mass is 9.77. The van der Waals surface area contributed by atoms with Crippen LogP contribution in [0.1, 0.15) is 18.4 Å². The zero-order valence-corrected chi connectivity index (χ0v) is 21.2. The van der Waals surface area contributed by atoms with Gasteiger partial charge in [0.25, 0.3) is 0 Å². The molecule has 3 saturated heterocycles. The summed E-state index contributed by atoms with van der Waals surface area (Å²) in [6, 6.07) is 22.9. The SMILES string of the molecule is O=C(Nc1ccsc1-c1ccccc1)OCC1C[N+]2(CCc3ccccc3)CCC1CC2.[Br-]. The molecule has 1 unspecified atom stereocenters. The maximum Gasteiger partial charge on any atom is 0.411 e. The molecule has 0 spiro atoms. The fourth-order valence-corrected chi connectivity index (χ4v) is 6.36. The maximum atomic E-state index is 12.6. The van der Waals surface area contributed by atoms with Crippen molar-refractivity contribution in [2.75, 3.05) is 38.1 Å². The number of nitrogens with zero attached hydrogens (tertiary/aromatic N) is 1. The standard InChI is InChI=1S/C27H30N2O2S.BrH/c30-27(28-25-14-18-32-26(25)23-9-5-2-6-10-23)31-20-24-19-29(16-12-22(24)13-17-29)15-11-21-7-3-1-4-8-21;/h1-10,14,18,22,24H,11-13,15-17,19-20H2;1H. The van der Waals surface area contributed by atoms with E-state index in [1.54, 1.807) is 11.3 Å². The monoisotopic (exact) mass is 526 g/mol. The molecule has 33 heavy (non-hydrogen) atoms. The van der Waals surface area contributed by atoms with Gasteiger partial charge >= 0.3 is 6.09 Å². The molecule has 1 amide bonds. The highest BCUT2D eigenvalue weighted by atomic mass is 79.9. The molecule has 0 aliphatic carbocycles. The van der Waals surface area contributed by atoms with Gasteiger partial charge in [-0.1, -0.05) is 60.7 Å². The zero-order valence-electron chi connectivity index (χ0n) is 18.8. The highest BCUT2D eigenvalue weighted by molar-refractivity contribution is 7.14. The Morgan fingerprint density at radius 2 is 1.70 bits per heavy atom. The van der Waals surface area contributed by atoms with Crippen molar-refractivity contribution in [1.82, 2.24) is 0 Å². The van der Waals surface area contributed by atoms with Gasteiger partial charge in [0.15, 0.2) is 0 Å². The molecule has 2 bridgehead atoms. The van der Waals surface area contributed by atoms with Gasteiger partial charge in [-0.3, -0.25) is 5.32 Å². The molecular weight excluding hydrogens is 496 g/mol. The van der Waals surface area contributed by atoms with Crippen molar-refractivity contribution in [3.8, 4) is 10.4 Å². The fourth-order valence-electron chi connectivity index (χ4n) is 5.50. The second kappa shape index (κ2) is 10.9. The predicted molar refractivity (Wildman–Crippen MR) is 131 cm³/mol. The molecule has 4 heterocycles. The summed E-state index contributed by atoms with van der Waals surface area (Å²) in [5.74, 6) is 1.16. The number of anilines is 1. The first-order valence-corrected chi connectivity index (χ1v) is 12.5. The molecule has 3 aromatic rings. The third-order valence-electron chi connectivity index (χ3n) is 7.32. The zero-order chi connectivity index (χ0) is 21.8. The van der Waals surface area contributed by atoms with Gasteiger partial charge in [0.1, 0.15) is 6.61 Å². The second-order valence-corrected chi connectivity index (χ2v) is 10.2. The number of rotatable bonds is 7. The van der Waals surface area contributed by atoms with E-state index in [2.05, 4.69) is 47.8 Å². The molecule has 2 aromatic carbocycles. The second-order valence-electron chi connectivity index (χ2n) is 9.28. The number of halogens is 1. The van der Waals surface area contributed by atoms with Crippen LogP contribution < -0.4 is 22.3 Å². The van der Waals surface area contributed by atoms with Crippen LogP contribution in [0.15, 0.2) is 72.1 Å². The molecule has 0 radical (unpaired) electrons. The number of quaternary nitrogens is 1. The van der Waals surface area contributed by atoms with Crippen LogP contribution in [-0.4, -0.2) is 43.4 Å². The van der Waals surface area contributed by atoms with E-state index in [4.69, 9.17) is 4.74 Å². The smallest absolute Gasteiger partial charge is 0.411 e. The summed E-state index contributed by atoms with van der Waals surface area (Å²) >= 11 is 1.63. The van der Waals surface area contributed by atoms with Crippen LogP contribution in [0.3, 0.4) is 0 Å². The van der Waals surface area contributed by atoms with Gasteiger partial charge in [-0.15, -0.1) is 11.3 Å². The van der Waals surface area contributed by atoms with Crippen LogP contribution in [0.4, 0.5) is 10.5 Å². The number of ether oxygens (including phenoxy) is 1. The highest BCUT2D eigenvalue weighted by Gasteiger charge is 2.45. The summed E-state index contributed by atoms with van der Waals surface area (Å²) < 4.78 is 6.93. The van der Waals surface area contributed by atoms with Crippen molar-refractivity contribution in [2.24, 2.45) is 11.8 Å². The topological polar surface area (TPSA) is 38.3 Å². The first kappa shape index (κ1) is 24.0. The number of hydrogen-bond acceptors (Lipinski definition) is 3. The average Bonchev–Trinajstić information content (AvgIpc) is 3.31. The summed E-state index contributed by atoms with van der Waals surface area (Å²) in [6.07, 6.45) is 3.30. The van der Waals surface area contributed by atoms with Crippen LogP contribution in [0.25, 0.3) is 10.4 Å². The van der Waals surface area contributed by atoms with Gasteiger partial charge in [0.05, 0.1) is 36.7 Å². The number of hydrogen-bond donors (Lipinski definition) is 1. The normalized spacial score (nSPS) is 23.5. The third-order valence-corrected chi connectivity index (χ3v) is 8.28. The third kappa shape index (κ3) is 5.68. The molecule has 3 fully saturated rings. The van der Waals surface area contributed by atoms with Crippen molar-refractivity contribution in [2.45, 2.75) is 19.3 Å². The van der Waals surface area contributed by atoms with E-state index in [-0.39, 0.29) is 23.1 Å². The Morgan fingerprint density at radius 3 is 2.42 bits per heavy atom. The number of piperidine rings is 3. The van der Waals surface area contributed by atoms with Crippen LogP contribution in [0.5, 0.6) is 0 Å². The summed E-state index contributed by atoms with van der Waals surface area (Å²) in [6.45, 7) is 5.39. The first-order valence-electron chi connectivity index (χ1n) is 11.7. The van der Waals surface area contributed by atoms with Gasteiger partial charge < -0.3 is 26.2 Å². The van der Waals surface area contributed by atoms with E-state index in [0.29, 0.717) is 18.4 Å². The molecule has 1 aromatic heterocycles. The molecule has 174 valence electrons. The van der Waals surface area contributed by atoms with Crippen molar-refractivity contribution >= 4 is 23.1 Å². The lowest BCUT2D eigenvalue weighted by molar-refractivity contribution is -0.946. The number of carbonyl (C=O) groups is 1. The van der Waals surface area contributed by atoms with E-state index in [1.807, 2.05) is 29.6 Å². The van der Waals surface area contributed by atoms with E-state index < -0.39 is 0 Å². The quantitative estimate of drug-likeness (QED) is 0.480. The van der Waals surface area contributed by atoms with E-state index in [9.17, 15) is 4.79 Å². The Hall–Kier alpha value is -2.15. The summed E-state index contributed by atoms with van der Waals surface area (Å²) in [5.41, 5.74) is 3.36. The minimum Gasteiger partial charge on any atom is -1.00 e. The molecule has 6 rings (SSSR count). The molecule has 3 aliphatic rings. The molecule has 0 saturated carbocycles. The van der Waals surface area contributed by atoms with Crippen LogP contribution in [0, 0.1) is 11.8 Å². The molecule has 4 nitrogen and oxygen atoms in total. The average molecular weight is 528 g/mol. The maximum absolute atomic E-state index is 12.6. The number of fused-ring (bicyclic) bond motifs is 3. The van der Waals surface area contributed by atoms with Gasteiger partial charge in [-0.05, 0) is 28.5 Å². The van der Waals surface area contributed by atoms with E-state index >= 15 is 0 Å². The van der Waals surface area contributed by atoms with Crippen molar-refractivity contribution in [3.05, 3.63) is 77.7 Å². The van der Waals surface area contributed by atoms with Crippen LogP contribution >= 0.6 is 11.3 Å². The number of amides is 1. The van der Waals surface area contributed by atoms with E-state index in [0.717, 1.165) is 29.1 Å². The Bertz CT molecular complexity index is 1030. The Balaban J connectivity index is 0.00000259. The lowest BCUT2D eigenvalue weighted by Gasteiger charge is -2.52.